The van der Waals surface area contributed by atoms with Crippen LogP contribution in [0.4, 0.5) is 5.69 Å². The number of aliphatic hydroxyl groups is 2. The Bertz CT molecular complexity index is 563. The number of fused-ring (bicyclic) bond motifs is 1. The predicted octanol–water partition coefficient (Wildman–Crippen LogP) is 0.966. The smallest absolute Gasteiger partial charge is 0.151 e. The van der Waals surface area contributed by atoms with Crippen molar-refractivity contribution in [2.75, 3.05) is 19.0 Å². The number of H-pyrrole nitrogens is 1. The Morgan fingerprint density at radius 2 is 2.11 bits per heavy atom. The van der Waals surface area contributed by atoms with Crippen molar-refractivity contribution in [2.45, 2.75) is 32.5 Å². The zero-order valence-corrected chi connectivity index (χ0v) is 11.5. The van der Waals surface area contributed by atoms with Crippen LogP contribution in [0.3, 0.4) is 0 Å². The van der Waals surface area contributed by atoms with Crippen LogP contribution in [0, 0.1) is 6.92 Å². The minimum Gasteiger partial charge on any atom is -0.377 e. The second-order valence-corrected chi connectivity index (χ2v) is 4.98. The van der Waals surface area contributed by atoms with Crippen LogP contribution in [-0.2, 0) is 6.42 Å². The Morgan fingerprint density at radius 1 is 1.37 bits per heavy atom. The number of nitrogens with zero attached hydrogens (tertiary/aromatic N) is 3. The molecular weight excluding hydrogens is 244 g/mol. The fourth-order valence-electron chi connectivity index (χ4n) is 2.50. The number of benzene rings is 1. The molecule has 0 radical (unpaired) electrons. The van der Waals surface area contributed by atoms with Gasteiger partial charge >= 0.3 is 0 Å². The number of anilines is 1. The molecule has 1 aromatic heterocycles. The van der Waals surface area contributed by atoms with Gasteiger partial charge in [-0.15, -0.1) is 5.10 Å². The standard InChI is InChI=1S/C13H20N4O2/c1-8-12-10(14-16-15-12)7-9(13(8)17(2)3)5-4-6-11(18)19/h7,11,18-19H,4-6H2,1-3H3,(H,14,15,16). The minimum atomic E-state index is -1.23. The van der Waals surface area contributed by atoms with Crippen molar-refractivity contribution >= 4 is 16.7 Å². The Hall–Kier alpha value is -1.66. The maximum atomic E-state index is 8.92. The summed E-state index contributed by atoms with van der Waals surface area (Å²) >= 11 is 0. The van der Waals surface area contributed by atoms with Crippen molar-refractivity contribution in [3.63, 3.8) is 0 Å². The molecule has 104 valence electrons. The topological polar surface area (TPSA) is 85.3 Å². The highest BCUT2D eigenvalue weighted by Crippen LogP contribution is 2.30. The van der Waals surface area contributed by atoms with Gasteiger partial charge in [-0.05, 0) is 37.8 Å². The number of aromatic amines is 1. The number of aliphatic hydroxyl groups excluding tert-OH is 1. The van der Waals surface area contributed by atoms with Crippen molar-refractivity contribution in [3.8, 4) is 0 Å². The Kier molecular flexibility index (Phi) is 4.01. The minimum absolute atomic E-state index is 0.380. The zero-order valence-electron chi connectivity index (χ0n) is 11.5. The van der Waals surface area contributed by atoms with Crippen molar-refractivity contribution in [2.24, 2.45) is 0 Å². The van der Waals surface area contributed by atoms with Gasteiger partial charge in [-0.25, -0.2) is 0 Å². The zero-order chi connectivity index (χ0) is 14.0. The third kappa shape index (κ3) is 2.85. The fourth-order valence-corrected chi connectivity index (χ4v) is 2.50. The molecule has 0 fully saturated rings. The predicted molar refractivity (Wildman–Crippen MR) is 74.1 cm³/mol. The molecule has 0 aliphatic rings. The molecule has 6 heteroatoms. The molecule has 0 bridgehead atoms. The molecule has 1 heterocycles. The fraction of sp³-hybridized carbons (Fsp3) is 0.538. The average Bonchev–Trinajstić information content (AvgIpc) is 2.76. The molecule has 2 aromatic rings. The number of hydrogen-bond acceptors (Lipinski definition) is 5. The SMILES string of the molecule is Cc1c(N(C)C)c(CCCC(O)O)cc2[nH]nnc12. The van der Waals surface area contributed by atoms with Crippen LogP contribution in [0.1, 0.15) is 24.0 Å². The first-order chi connectivity index (χ1) is 9.00. The summed E-state index contributed by atoms with van der Waals surface area (Å²) in [6.07, 6.45) is 0.665. The quantitative estimate of drug-likeness (QED) is 0.701. The Labute approximate surface area is 112 Å². The summed E-state index contributed by atoms with van der Waals surface area (Å²) in [5, 5.41) is 28.7. The lowest BCUT2D eigenvalue weighted by atomic mass is 10.00. The van der Waals surface area contributed by atoms with Gasteiger partial charge in [-0.2, -0.15) is 0 Å². The van der Waals surface area contributed by atoms with Gasteiger partial charge in [0, 0.05) is 25.3 Å². The van der Waals surface area contributed by atoms with Crippen LogP contribution in [0.5, 0.6) is 0 Å². The van der Waals surface area contributed by atoms with E-state index in [0.717, 1.165) is 35.1 Å². The lowest BCUT2D eigenvalue weighted by Gasteiger charge is -2.20. The molecule has 3 N–H and O–H groups in total. The molecule has 2 rings (SSSR count). The average molecular weight is 264 g/mol. The summed E-state index contributed by atoms with van der Waals surface area (Å²) in [6.45, 7) is 2.03. The molecule has 0 aliphatic heterocycles. The molecule has 19 heavy (non-hydrogen) atoms. The van der Waals surface area contributed by atoms with Gasteiger partial charge in [0.05, 0.1) is 5.52 Å². The van der Waals surface area contributed by atoms with E-state index in [9.17, 15) is 0 Å². The number of hydrogen-bond donors (Lipinski definition) is 3. The van der Waals surface area contributed by atoms with E-state index in [4.69, 9.17) is 10.2 Å². The third-order valence-electron chi connectivity index (χ3n) is 3.26. The van der Waals surface area contributed by atoms with E-state index in [1.807, 2.05) is 27.1 Å². The summed E-state index contributed by atoms with van der Waals surface area (Å²) < 4.78 is 0. The normalized spacial score (nSPS) is 11.5. The van der Waals surface area contributed by atoms with Crippen LogP contribution < -0.4 is 4.90 Å². The molecule has 0 saturated carbocycles. The van der Waals surface area contributed by atoms with Gasteiger partial charge in [-0.3, -0.25) is 5.10 Å². The van der Waals surface area contributed by atoms with Gasteiger partial charge in [0.15, 0.2) is 6.29 Å². The molecule has 0 amide bonds. The summed E-state index contributed by atoms with van der Waals surface area (Å²) in [5.74, 6) is 0. The van der Waals surface area contributed by atoms with Gasteiger partial charge in [-0.1, -0.05) is 5.21 Å². The molecule has 0 atom stereocenters. The van der Waals surface area contributed by atoms with E-state index < -0.39 is 6.29 Å². The second kappa shape index (κ2) is 5.54. The summed E-state index contributed by atoms with van der Waals surface area (Å²) in [7, 11) is 4.00. The maximum Gasteiger partial charge on any atom is 0.151 e. The molecule has 0 spiro atoms. The third-order valence-corrected chi connectivity index (χ3v) is 3.26. The second-order valence-electron chi connectivity index (χ2n) is 4.98. The highest BCUT2D eigenvalue weighted by Gasteiger charge is 2.14. The van der Waals surface area contributed by atoms with E-state index in [1.54, 1.807) is 0 Å². The largest absolute Gasteiger partial charge is 0.377 e. The molecule has 0 aliphatic carbocycles. The van der Waals surface area contributed by atoms with Crippen molar-refractivity contribution in [1.82, 2.24) is 15.4 Å². The van der Waals surface area contributed by atoms with Crippen LogP contribution in [0.2, 0.25) is 0 Å². The van der Waals surface area contributed by atoms with Gasteiger partial charge < -0.3 is 15.1 Å². The van der Waals surface area contributed by atoms with Crippen LogP contribution in [0.25, 0.3) is 11.0 Å². The van der Waals surface area contributed by atoms with E-state index in [-0.39, 0.29) is 0 Å². The molecule has 1 aromatic carbocycles. The Morgan fingerprint density at radius 3 is 2.74 bits per heavy atom. The molecule has 0 unspecified atom stereocenters. The molecule has 6 nitrogen and oxygen atoms in total. The lowest BCUT2D eigenvalue weighted by molar-refractivity contribution is -0.0461. The first-order valence-electron chi connectivity index (χ1n) is 6.37. The van der Waals surface area contributed by atoms with E-state index in [1.165, 1.54) is 5.56 Å². The first-order valence-corrected chi connectivity index (χ1v) is 6.37. The number of aryl methyl sites for hydroxylation is 2. The highest BCUT2D eigenvalue weighted by molar-refractivity contribution is 5.85. The first kappa shape index (κ1) is 13.8. The number of rotatable bonds is 5. The van der Waals surface area contributed by atoms with Gasteiger partial charge in [0.1, 0.15) is 5.52 Å². The van der Waals surface area contributed by atoms with Crippen molar-refractivity contribution < 1.29 is 10.2 Å². The lowest BCUT2D eigenvalue weighted by Crippen LogP contribution is -2.14. The monoisotopic (exact) mass is 264 g/mol. The summed E-state index contributed by atoms with van der Waals surface area (Å²) in [4.78, 5) is 2.06. The van der Waals surface area contributed by atoms with Crippen molar-refractivity contribution in [3.05, 3.63) is 17.2 Å². The Balaban J connectivity index is 2.37. The van der Waals surface area contributed by atoms with Gasteiger partial charge in [0.2, 0.25) is 0 Å². The van der Waals surface area contributed by atoms with E-state index in [0.29, 0.717) is 6.42 Å². The van der Waals surface area contributed by atoms with Crippen LogP contribution in [0.15, 0.2) is 6.07 Å². The van der Waals surface area contributed by atoms with Gasteiger partial charge in [0.25, 0.3) is 0 Å². The molecular formula is C13H20N4O2. The van der Waals surface area contributed by atoms with Crippen LogP contribution in [-0.4, -0.2) is 46.0 Å². The summed E-state index contributed by atoms with van der Waals surface area (Å²) in [5.41, 5.74) is 5.20. The maximum absolute atomic E-state index is 8.92. The number of aromatic nitrogens is 3. The number of nitrogens with one attached hydrogen (secondary N) is 1. The highest BCUT2D eigenvalue weighted by atomic mass is 16.5. The van der Waals surface area contributed by atoms with Crippen LogP contribution >= 0.6 is 0 Å². The summed E-state index contributed by atoms with van der Waals surface area (Å²) in [6, 6.07) is 2.04. The molecule has 0 saturated heterocycles. The van der Waals surface area contributed by atoms with E-state index in [2.05, 4.69) is 20.3 Å². The van der Waals surface area contributed by atoms with Crippen molar-refractivity contribution in [1.29, 1.82) is 0 Å². The van der Waals surface area contributed by atoms with E-state index >= 15 is 0 Å².